The van der Waals surface area contributed by atoms with E-state index in [4.69, 9.17) is 10.2 Å². The maximum Gasteiger partial charge on any atom is 0.328 e. The molecule has 0 aromatic carbocycles. The summed E-state index contributed by atoms with van der Waals surface area (Å²) in [6.45, 7) is 1.46. The molecule has 2 amide bonds. The molecule has 0 unspecified atom stereocenters. The van der Waals surface area contributed by atoms with Crippen LogP contribution in [0.4, 0.5) is 4.79 Å². The number of aliphatic hydroxyl groups is 1. The van der Waals surface area contributed by atoms with E-state index in [0.717, 1.165) is 11.1 Å². The molecule has 0 saturated heterocycles. The largest absolute Gasteiger partial charge is 0.480 e. The molecule has 1 aromatic heterocycles. The van der Waals surface area contributed by atoms with E-state index in [-0.39, 0.29) is 6.54 Å². The molecule has 0 aliphatic rings. The molecule has 1 atom stereocenters. The number of pyridine rings is 1. The average molecular weight is 253 g/mol. The zero-order chi connectivity index (χ0) is 13.5. The van der Waals surface area contributed by atoms with Gasteiger partial charge in [-0.05, 0) is 24.1 Å². The molecular formula is C11H15N3O4. The number of amides is 2. The SMILES string of the molecule is Cc1cnccc1CNC(=O)N[C@@H](CO)C(=O)O. The monoisotopic (exact) mass is 253 g/mol. The zero-order valence-corrected chi connectivity index (χ0v) is 9.88. The number of carboxylic acid groups (broad SMARTS) is 1. The lowest BCUT2D eigenvalue weighted by Gasteiger charge is -2.13. The van der Waals surface area contributed by atoms with Crippen LogP contribution in [0.25, 0.3) is 0 Å². The highest BCUT2D eigenvalue weighted by Gasteiger charge is 2.18. The molecule has 0 bridgehead atoms. The summed E-state index contributed by atoms with van der Waals surface area (Å²) in [5.41, 5.74) is 1.81. The summed E-state index contributed by atoms with van der Waals surface area (Å²) in [7, 11) is 0. The fourth-order valence-electron chi connectivity index (χ4n) is 1.27. The lowest BCUT2D eigenvalue weighted by molar-refractivity contribution is -0.140. The van der Waals surface area contributed by atoms with Gasteiger partial charge in [0.05, 0.1) is 6.61 Å². The minimum Gasteiger partial charge on any atom is -0.480 e. The number of carbonyl (C=O) groups excluding carboxylic acids is 1. The van der Waals surface area contributed by atoms with E-state index in [2.05, 4.69) is 15.6 Å². The van der Waals surface area contributed by atoms with Crippen molar-refractivity contribution < 1.29 is 19.8 Å². The van der Waals surface area contributed by atoms with Crippen molar-refractivity contribution in [1.82, 2.24) is 15.6 Å². The molecule has 98 valence electrons. The molecule has 0 fully saturated rings. The first-order chi connectivity index (χ1) is 8.54. The van der Waals surface area contributed by atoms with Gasteiger partial charge in [-0.25, -0.2) is 9.59 Å². The van der Waals surface area contributed by atoms with Crippen LogP contribution in [-0.2, 0) is 11.3 Å². The van der Waals surface area contributed by atoms with E-state index < -0.39 is 24.6 Å². The van der Waals surface area contributed by atoms with Crippen LogP contribution in [0.5, 0.6) is 0 Å². The summed E-state index contributed by atoms with van der Waals surface area (Å²) in [5.74, 6) is -1.28. The lowest BCUT2D eigenvalue weighted by Crippen LogP contribution is -2.47. The van der Waals surface area contributed by atoms with Gasteiger partial charge in [0.2, 0.25) is 0 Å². The first-order valence-corrected chi connectivity index (χ1v) is 5.32. The van der Waals surface area contributed by atoms with Gasteiger partial charge in [-0.15, -0.1) is 0 Å². The van der Waals surface area contributed by atoms with Crippen LogP contribution < -0.4 is 10.6 Å². The number of carbonyl (C=O) groups is 2. The van der Waals surface area contributed by atoms with Crippen molar-refractivity contribution in [2.24, 2.45) is 0 Å². The van der Waals surface area contributed by atoms with Crippen LogP contribution in [-0.4, -0.2) is 39.8 Å². The molecular weight excluding hydrogens is 238 g/mol. The number of hydrogen-bond donors (Lipinski definition) is 4. The number of aliphatic carboxylic acids is 1. The maximum atomic E-state index is 11.4. The number of nitrogens with zero attached hydrogens (tertiary/aromatic N) is 1. The molecule has 4 N–H and O–H groups in total. The highest BCUT2D eigenvalue weighted by atomic mass is 16.4. The number of rotatable bonds is 5. The summed E-state index contributed by atoms with van der Waals surface area (Å²) in [5, 5.41) is 22.0. The van der Waals surface area contributed by atoms with Crippen molar-refractivity contribution >= 4 is 12.0 Å². The number of hydrogen-bond acceptors (Lipinski definition) is 4. The van der Waals surface area contributed by atoms with E-state index >= 15 is 0 Å². The molecule has 7 nitrogen and oxygen atoms in total. The van der Waals surface area contributed by atoms with Crippen molar-refractivity contribution in [3.8, 4) is 0 Å². The Bertz CT molecular complexity index is 436. The van der Waals surface area contributed by atoms with Crippen LogP contribution in [0, 0.1) is 6.92 Å². The van der Waals surface area contributed by atoms with E-state index in [1.165, 1.54) is 0 Å². The summed E-state index contributed by atoms with van der Waals surface area (Å²) in [6, 6.07) is -0.188. The van der Waals surface area contributed by atoms with Gasteiger partial charge < -0.3 is 20.8 Å². The molecule has 1 rings (SSSR count). The summed E-state index contributed by atoms with van der Waals surface area (Å²) in [4.78, 5) is 25.9. The molecule has 0 aliphatic heterocycles. The number of carboxylic acids is 1. The van der Waals surface area contributed by atoms with E-state index in [1.54, 1.807) is 18.5 Å². The molecule has 0 radical (unpaired) electrons. The van der Waals surface area contributed by atoms with Crippen LogP contribution in [0.15, 0.2) is 18.5 Å². The molecule has 7 heteroatoms. The number of aromatic nitrogens is 1. The number of aliphatic hydroxyl groups excluding tert-OH is 1. The first kappa shape index (κ1) is 13.9. The molecule has 0 aliphatic carbocycles. The molecule has 1 aromatic rings. The Balaban J connectivity index is 2.47. The summed E-state index contributed by atoms with van der Waals surface area (Å²) < 4.78 is 0. The van der Waals surface area contributed by atoms with E-state index in [9.17, 15) is 9.59 Å². The number of urea groups is 1. The highest BCUT2D eigenvalue weighted by molar-refractivity contribution is 5.82. The van der Waals surface area contributed by atoms with Crippen molar-refractivity contribution in [2.45, 2.75) is 19.5 Å². The van der Waals surface area contributed by atoms with Crippen molar-refractivity contribution in [3.63, 3.8) is 0 Å². The van der Waals surface area contributed by atoms with Crippen LogP contribution in [0.3, 0.4) is 0 Å². The number of aryl methyl sites for hydroxylation is 1. The van der Waals surface area contributed by atoms with Gasteiger partial charge in [0, 0.05) is 18.9 Å². The van der Waals surface area contributed by atoms with Crippen LogP contribution in [0.1, 0.15) is 11.1 Å². The standard InChI is InChI=1S/C11H15N3O4/c1-7-4-12-3-2-8(7)5-13-11(18)14-9(6-15)10(16)17/h2-4,9,15H,5-6H2,1H3,(H,16,17)(H2,13,14,18)/t9-/m0/s1. The van der Waals surface area contributed by atoms with Crippen LogP contribution in [0.2, 0.25) is 0 Å². The predicted octanol–water partition coefficient (Wildman–Crippen LogP) is -0.365. The normalized spacial score (nSPS) is 11.7. The second-order valence-corrected chi connectivity index (χ2v) is 3.70. The third-order valence-corrected chi connectivity index (χ3v) is 2.36. The summed E-state index contributed by atoms with van der Waals surface area (Å²) in [6.07, 6.45) is 3.28. The average Bonchev–Trinajstić information content (AvgIpc) is 2.34. The third-order valence-electron chi connectivity index (χ3n) is 2.36. The second kappa shape index (κ2) is 6.55. The fraction of sp³-hybridized carbons (Fsp3) is 0.364. The topological polar surface area (TPSA) is 112 Å². The minimum absolute atomic E-state index is 0.262. The third kappa shape index (κ3) is 4.02. The predicted molar refractivity (Wildman–Crippen MR) is 62.9 cm³/mol. The quantitative estimate of drug-likeness (QED) is 0.572. The van der Waals surface area contributed by atoms with Gasteiger partial charge in [-0.3, -0.25) is 4.98 Å². The van der Waals surface area contributed by atoms with Gasteiger partial charge in [-0.1, -0.05) is 0 Å². The molecule has 1 heterocycles. The molecule has 0 spiro atoms. The van der Waals surface area contributed by atoms with E-state index in [0.29, 0.717) is 0 Å². The van der Waals surface area contributed by atoms with Crippen molar-refractivity contribution in [3.05, 3.63) is 29.6 Å². The molecule has 18 heavy (non-hydrogen) atoms. The minimum atomic E-state index is -1.30. The second-order valence-electron chi connectivity index (χ2n) is 3.70. The Labute approximate surface area is 104 Å². The number of nitrogens with one attached hydrogen (secondary N) is 2. The Morgan fingerprint density at radius 1 is 1.50 bits per heavy atom. The van der Waals surface area contributed by atoms with Gasteiger partial charge in [0.25, 0.3) is 0 Å². The van der Waals surface area contributed by atoms with E-state index in [1.807, 2.05) is 6.92 Å². The highest BCUT2D eigenvalue weighted by Crippen LogP contribution is 2.03. The van der Waals surface area contributed by atoms with Gasteiger partial charge in [0.15, 0.2) is 6.04 Å². The van der Waals surface area contributed by atoms with Crippen LogP contribution >= 0.6 is 0 Å². The first-order valence-electron chi connectivity index (χ1n) is 5.32. The Hall–Kier alpha value is -2.15. The zero-order valence-electron chi connectivity index (χ0n) is 9.88. The fourth-order valence-corrected chi connectivity index (χ4v) is 1.27. The Morgan fingerprint density at radius 2 is 2.22 bits per heavy atom. The smallest absolute Gasteiger partial charge is 0.328 e. The van der Waals surface area contributed by atoms with Gasteiger partial charge in [0.1, 0.15) is 0 Å². The van der Waals surface area contributed by atoms with Gasteiger partial charge >= 0.3 is 12.0 Å². The molecule has 0 saturated carbocycles. The van der Waals surface area contributed by atoms with Crippen molar-refractivity contribution in [1.29, 1.82) is 0 Å². The van der Waals surface area contributed by atoms with Crippen molar-refractivity contribution in [2.75, 3.05) is 6.61 Å². The van der Waals surface area contributed by atoms with Gasteiger partial charge in [-0.2, -0.15) is 0 Å². The Kier molecular flexibility index (Phi) is 5.06. The lowest BCUT2D eigenvalue weighted by atomic mass is 10.1. The Morgan fingerprint density at radius 3 is 2.78 bits per heavy atom. The summed E-state index contributed by atoms with van der Waals surface area (Å²) >= 11 is 0. The maximum absolute atomic E-state index is 11.4.